The first-order valence-corrected chi connectivity index (χ1v) is 14.3. The number of ether oxygens (including phenoxy) is 3. The van der Waals surface area contributed by atoms with Crippen LogP contribution in [0.2, 0.25) is 0 Å². The van der Waals surface area contributed by atoms with Crippen LogP contribution in [0, 0.1) is 0 Å². The van der Waals surface area contributed by atoms with Crippen molar-refractivity contribution in [3.63, 3.8) is 0 Å². The number of benzene rings is 2. The van der Waals surface area contributed by atoms with Crippen molar-refractivity contribution in [2.45, 2.75) is 64.8 Å². The van der Waals surface area contributed by atoms with Gasteiger partial charge in [0.2, 0.25) is 11.1 Å². The molecule has 0 saturated carbocycles. The van der Waals surface area contributed by atoms with Gasteiger partial charge in [-0.15, -0.1) is 5.10 Å². The van der Waals surface area contributed by atoms with Gasteiger partial charge in [0.15, 0.2) is 11.5 Å². The normalized spacial score (nSPS) is 14.6. The van der Waals surface area contributed by atoms with E-state index in [4.69, 9.17) is 24.3 Å². The summed E-state index contributed by atoms with van der Waals surface area (Å²) in [6, 6.07) is 12.6. The van der Waals surface area contributed by atoms with Gasteiger partial charge in [0.05, 0.1) is 31.1 Å². The van der Waals surface area contributed by atoms with Crippen molar-refractivity contribution in [1.82, 2.24) is 14.8 Å². The number of anilines is 2. The third kappa shape index (κ3) is 6.50. The molecule has 1 unspecified atom stereocenters. The van der Waals surface area contributed by atoms with Gasteiger partial charge in [-0.25, -0.2) is 4.68 Å². The number of fused-ring (bicyclic) bond motifs is 1. The van der Waals surface area contributed by atoms with E-state index < -0.39 is 6.04 Å². The molecule has 1 aliphatic heterocycles. The highest BCUT2D eigenvalue weighted by atomic mass is 32.2. The molecular formula is C29H37N5O4S. The monoisotopic (exact) mass is 551 g/mol. The second-order valence-electron chi connectivity index (χ2n) is 9.39. The van der Waals surface area contributed by atoms with E-state index in [0.717, 1.165) is 24.2 Å². The summed E-state index contributed by atoms with van der Waals surface area (Å²) in [6.07, 6.45) is 2.16. The minimum absolute atomic E-state index is 0.0119. The number of carbonyl (C=O) groups is 1. The lowest BCUT2D eigenvalue weighted by atomic mass is 9.94. The van der Waals surface area contributed by atoms with E-state index in [0.29, 0.717) is 51.9 Å². The van der Waals surface area contributed by atoms with Crippen LogP contribution >= 0.6 is 11.8 Å². The summed E-state index contributed by atoms with van der Waals surface area (Å²) in [6.45, 7) is 10.4. The zero-order valence-corrected chi connectivity index (χ0v) is 24.2. The lowest BCUT2D eigenvalue weighted by molar-refractivity contribution is -0.113. The number of aromatic nitrogens is 3. The van der Waals surface area contributed by atoms with Crippen molar-refractivity contribution < 1.29 is 19.0 Å². The standard InChI is InChI=1S/C29H37N5O4S/c1-7-9-16-39-29-32-28-30-19(5)25(27(35)31-21-12-10-11-13-22(21)37-8-2)26(34(28)33-29)20-14-15-23(38-18(3)4)24(17-20)36-6/h10-15,17-18,26H,7-9,16H2,1-6H3,(H,31,35)(H,30,32,33). The fourth-order valence-electron chi connectivity index (χ4n) is 4.35. The average molecular weight is 552 g/mol. The van der Waals surface area contributed by atoms with E-state index in [1.165, 1.54) is 0 Å². The topological polar surface area (TPSA) is 99.5 Å². The molecule has 2 heterocycles. The van der Waals surface area contributed by atoms with Gasteiger partial charge in [-0.2, -0.15) is 4.98 Å². The Balaban J connectivity index is 1.77. The highest BCUT2D eigenvalue weighted by molar-refractivity contribution is 7.99. The Bertz CT molecular complexity index is 1340. The smallest absolute Gasteiger partial charge is 0.255 e. The number of para-hydroxylation sites is 2. The molecule has 1 amide bonds. The molecule has 2 N–H and O–H groups in total. The van der Waals surface area contributed by atoms with Gasteiger partial charge in [0.25, 0.3) is 5.91 Å². The Morgan fingerprint density at radius 3 is 2.67 bits per heavy atom. The first-order chi connectivity index (χ1) is 18.9. The predicted octanol–water partition coefficient (Wildman–Crippen LogP) is 6.29. The maximum Gasteiger partial charge on any atom is 0.255 e. The van der Waals surface area contributed by atoms with Gasteiger partial charge in [-0.1, -0.05) is 43.3 Å². The number of unbranched alkanes of at least 4 members (excludes halogenated alkanes) is 1. The van der Waals surface area contributed by atoms with Gasteiger partial charge in [-0.3, -0.25) is 4.79 Å². The first-order valence-electron chi connectivity index (χ1n) is 13.3. The molecule has 1 aromatic heterocycles. The molecule has 9 nitrogen and oxygen atoms in total. The highest BCUT2D eigenvalue weighted by Gasteiger charge is 2.35. The Morgan fingerprint density at radius 1 is 1.15 bits per heavy atom. The number of carbonyl (C=O) groups excluding carboxylic acids is 1. The van der Waals surface area contributed by atoms with Gasteiger partial charge < -0.3 is 24.8 Å². The van der Waals surface area contributed by atoms with E-state index >= 15 is 0 Å². The molecule has 3 aromatic rings. The van der Waals surface area contributed by atoms with Crippen LogP contribution in [0.3, 0.4) is 0 Å². The quantitative estimate of drug-likeness (QED) is 0.200. The summed E-state index contributed by atoms with van der Waals surface area (Å²) in [7, 11) is 1.61. The second-order valence-corrected chi connectivity index (χ2v) is 10.5. The number of allylic oxidation sites excluding steroid dienone is 1. The Morgan fingerprint density at radius 2 is 1.95 bits per heavy atom. The van der Waals surface area contributed by atoms with Crippen LogP contribution in [0.1, 0.15) is 59.1 Å². The lowest BCUT2D eigenvalue weighted by Crippen LogP contribution is -2.31. The summed E-state index contributed by atoms with van der Waals surface area (Å²) in [5.41, 5.74) is 2.63. The van der Waals surface area contributed by atoms with Crippen LogP contribution in [0.25, 0.3) is 0 Å². The molecule has 0 aliphatic carbocycles. The van der Waals surface area contributed by atoms with Crippen LogP contribution < -0.4 is 24.8 Å². The fraction of sp³-hybridized carbons (Fsp3) is 0.414. The Labute approximate surface area is 234 Å². The van der Waals surface area contributed by atoms with Crippen molar-refractivity contribution in [2.75, 3.05) is 30.1 Å². The maximum atomic E-state index is 13.9. The molecule has 2 aromatic carbocycles. The van der Waals surface area contributed by atoms with Crippen molar-refractivity contribution in [3.05, 3.63) is 59.3 Å². The average Bonchev–Trinajstić information content (AvgIpc) is 3.31. The molecule has 4 rings (SSSR count). The largest absolute Gasteiger partial charge is 0.493 e. The number of nitrogens with zero attached hydrogens (tertiary/aromatic N) is 3. The summed E-state index contributed by atoms with van der Waals surface area (Å²) >= 11 is 1.61. The summed E-state index contributed by atoms with van der Waals surface area (Å²) in [5.74, 6) is 3.08. The van der Waals surface area contributed by atoms with Crippen molar-refractivity contribution in [3.8, 4) is 17.2 Å². The molecule has 10 heteroatoms. The first kappa shape index (κ1) is 28.4. The molecule has 0 bridgehead atoms. The number of hydrogen-bond donors (Lipinski definition) is 2. The van der Waals surface area contributed by atoms with E-state index in [9.17, 15) is 4.79 Å². The Hall–Kier alpha value is -3.66. The highest BCUT2D eigenvalue weighted by Crippen LogP contribution is 2.40. The number of nitrogens with one attached hydrogen (secondary N) is 2. The molecule has 1 aliphatic rings. The van der Waals surface area contributed by atoms with Crippen LogP contribution in [0.4, 0.5) is 11.6 Å². The van der Waals surface area contributed by atoms with E-state index in [1.54, 1.807) is 23.6 Å². The second kappa shape index (κ2) is 12.9. The zero-order chi connectivity index (χ0) is 27.9. The van der Waals surface area contributed by atoms with Gasteiger partial charge in [-0.05, 0) is 63.9 Å². The fourth-order valence-corrected chi connectivity index (χ4v) is 5.26. The lowest BCUT2D eigenvalue weighted by Gasteiger charge is -2.29. The molecule has 0 fully saturated rings. The molecule has 0 saturated heterocycles. The van der Waals surface area contributed by atoms with Gasteiger partial charge >= 0.3 is 0 Å². The molecule has 1 atom stereocenters. The SMILES string of the molecule is CCCCSc1nc2n(n1)C(c1ccc(OC(C)C)c(OC)c1)C(C(=O)Nc1ccccc1OCC)=C(C)N2. The van der Waals surface area contributed by atoms with Gasteiger partial charge in [0.1, 0.15) is 11.8 Å². The number of methoxy groups -OCH3 is 1. The summed E-state index contributed by atoms with van der Waals surface area (Å²) in [4.78, 5) is 18.7. The minimum atomic E-state index is -0.546. The minimum Gasteiger partial charge on any atom is -0.493 e. The molecule has 39 heavy (non-hydrogen) atoms. The molecule has 208 valence electrons. The van der Waals surface area contributed by atoms with E-state index in [1.807, 2.05) is 70.2 Å². The number of thioether (sulfide) groups is 1. The maximum absolute atomic E-state index is 13.9. The van der Waals surface area contributed by atoms with Crippen LogP contribution in [-0.2, 0) is 4.79 Å². The van der Waals surface area contributed by atoms with Crippen molar-refractivity contribution >= 4 is 29.3 Å². The van der Waals surface area contributed by atoms with Crippen LogP contribution in [0.15, 0.2) is 58.9 Å². The van der Waals surface area contributed by atoms with Crippen molar-refractivity contribution in [2.24, 2.45) is 0 Å². The number of hydrogen-bond acceptors (Lipinski definition) is 8. The van der Waals surface area contributed by atoms with Crippen LogP contribution in [-0.4, -0.2) is 46.2 Å². The third-order valence-electron chi connectivity index (χ3n) is 6.11. The zero-order valence-electron chi connectivity index (χ0n) is 23.4. The number of rotatable bonds is 12. The molecule has 0 spiro atoms. The van der Waals surface area contributed by atoms with Gasteiger partial charge in [0, 0.05) is 11.4 Å². The third-order valence-corrected chi connectivity index (χ3v) is 7.03. The van der Waals surface area contributed by atoms with Crippen LogP contribution in [0.5, 0.6) is 17.2 Å². The predicted molar refractivity (Wildman–Crippen MR) is 155 cm³/mol. The molecule has 0 radical (unpaired) electrons. The van der Waals surface area contributed by atoms with E-state index in [2.05, 4.69) is 17.6 Å². The molecular weight excluding hydrogens is 514 g/mol. The van der Waals surface area contributed by atoms with E-state index in [-0.39, 0.29) is 12.0 Å². The van der Waals surface area contributed by atoms with Crippen molar-refractivity contribution in [1.29, 1.82) is 0 Å². The Kier molecular flexibility index (Phi) is 9.40. The summed E-state index contributed by atoms with van der Waals surface area (Å²) < 4.78 is 19.1. The summed E-state index contributed by atoms with van der Waals surface area (Å²) in [5, 5.41) is 11.8. The number of amides is 1.